The fraction of sp³-hybridized carbons (Fsp3) is 0.176. The van der Waals surface area contributed by atoms with Crippen molar-refractivity contribution in [2.24, 2.45) is 0 Å². The molecule has 1 N–H and O–H groups in total. The minimum atomic E-state index is 0.00972. The molecule has 1 saturated heterocycles. The molecule has 3 aromatic rings. The van der Waals surface area contributed by atoms with E-state index in [1.54, 1.807) is 6.20 Å². The Morgan fingerprint density at radius 2 is 2.12 bits per heavy atom. The average Bonchev–Trinajstić information content (AvgIpc) is 3.33. The number of piperazine rings is 1. The van der Waals surface area contributed by atoms with Crippen molar-refractivity contribution in [1.29, 1.82) is 0 Å². The monoisotopic (exact) mass is 371 g/mol. The summed E-state index contributed by atoms with van der Waals surface area (Å²) in [6.07, 6.45) is 5.70. The van der Waals surface area contributed by atoms with E-state index in [2.05, 4.69) is 10.4 Å². The van der Waals surface area contributed by atoms with E-state index in [-0.39, 0.29) is 5.91 Å². The number of rotatable bonds is 2. The summed E-state index contributed by atoms with van der Waals surface area (Å²) >= 11 is 7.47. The summed E-state index contributed by atoms with van der Waals surface area (Å²) in [5.74, 6) is 0.00972. The van der Waals surface area contributed by atoms with Crippen LogP contribution in [0.15, 0.2) is 48.6 Å². The molecule has 0 atom stereocenters. The lowest BCUT2D eigenvalue weighted by molar-refractivity contribution is -0.117. The zero-order valence-electron chi connectivity index (χ0n) is 13.1. The van der Waals surface area contributed by atoms with Crippen LogP contribution in [0.1, 0.15) is 5.56 Å². The van der Waals surface area contributed by atoms with Gasteiger partial charge in [0.1, 0.15) is 11.3 Å². The molecule has 126 valence electrons. The van der Waals surface area contributed by atoms with Gasteiger partial charge in [0.05, 0.1) is 15.9 Å². The van der Waals surface area contributed by atoms with E-state index >= 15 is 0 Å². The number of imidazole rings is 1. The molecule has 1 fully saturated rings. The summed E-state index contributed by atoms with van der Waals surface area (Å²) in [6.45, 7) is 2.02. The van der Waals surface area contributed by atoms with E-state index in [0.29, 0.717) is 17.4 Å². The molecule has 0 saturated carbocycles. The van der Waals surface area contributed by atoms with Gasteiger partial charge < -0.3 is 9.41 Å². The third-order valence-electron chi connectivity index (χ3n) is 4.56. The molecule has 1 amide bonds. The summed E-state index contributed by atoms with van der Waals surface area (Å²) in [6, 6.07) is 7.72. The molecule has 3 aromatic heterocycles. The molecular weight excluding hydrogens is 358 g/mol. The number of aromatic nitrogens is 2. The molecule has 5 heterocycles. The molecule has 25 heavy (non-hydrogen) atoms. The van der Waals surface area contributed by atoms with E-state index in [1.807, 2.05) is 51.0 Å². The minimum absolute atomic E-state index is 0.00972. The van der Waals surface area contributed by atoms with Gasteiger partial charge in [0, 0.05) is 37.3 Å². The third kappa shape index (κ3) is 2.35. The lowest BCUT2D eigenvalue weighted by Crippen LogP contribution is -2.50. The molecular formula is C17H14ClN5OS. The predicted octanol–water partition coefficient (Wildman–Crippen LogP) is 2.63. The van der Waals surface area contributed by atoms with Crippen molar-refractivity contribution in [1.82, 2.24) is 19.8 Å². The first-order valence-corrected chi connectivity index (χ1v) is 9.14. The maximum absolute atomic E-state index is 13.1. The second-order valence-electron chi connectivity index (χ2n) is 5.96. The van der Waals surface area contributed by atoms with Gasteiger partial charge in [-0.3, -0.25) is 9.69 Å². The van der Waals surface area contributed by atoms with Gasteiger partial charge in [-0.15, -0.1) is 11.3 Å². The molecule has 8 heteroatoms. The van der Waals surface area contributed by atoms with E-state index < -0.39 is 0 Å². The summed E-state index contributed by atoms with van der Waals surface area (Å²) < 4.78 is 2.66. The molecule has 0 spiro atoms. The number of nitrogens with one attached hydrogen (secondary N) is 1. The van der Waals surface area contributed by atoms with Crippen LogP contribution >= 0.6 is 22.9 Å². The topological polar surface area (TPSA) is 52.9 Å². The van der Waals surface area contributed by atoms with Gasteiger partial charge in [-0.1, -0.05) is 11.6 Å². The van der Waals surface area contributed by atoms with Crippen LogP contribution in [0.3, 0.4) is 0 Å². The molecule has 0 bridgehead atoms. The fourth-order valence-electron chi connectivity index (χ4n) is 3.36. The van der Waals surface area contributed by atoms with Crippen LogP contribution in [0.5, 0.6) is 0 Å². The number of nitrogens with zero attached hydrogens (tertiary/aromatic N) is 4. The molecule has 2 aliphatic heterocycles. The van der Waals surface area contributed by atoms with Crippen molar-refractivity contribution < 1.29 is 4.79 Å². The molecule has 0 unspecified atom stereocenters. The van der Waals surface area contributed by atoms with Crippen molar-refractivity contribution in [2.75, 3.05) is 24.5 Å². The maximum atomic E-state index is 13.1. The number of carbonyl (C=O) groups is 1. The highest BCUT2D eigenvalue weighted by Gasteiger charge is 2.36. The lowest BCUT2D eigenvalue weighted by atomic mass is 10.0. The van der Waals surface area contributed by atoms with Crippen LogP contribution in [0.2, 0.25) is 4.34 Å². The number of hydrazine groups is 1. The van der Waals surface area contributed by atoms with Crippen molar-refractivity contribution >= 4 is 45.1 Å². The highest BCUT2D eigenvalue weighted by Crippen LogP contribution is 2.35. The number of carbonyl (C=O) groups excluding carboxylic acids is 1. The predicted molar refractivity (Wildman–Crippen MR) is 98.5 cm³/mol. The Hall–Kier alpha value is -2.35. The van der Waals surface area contributed by atoms with Crippen molar-refractivity contribution in [2.45, 2.75) is 0 Å². The van der Waals surface area contributed by atoms with Crippen molar-refractivity contribution in [3.8, 4) is 0 Å². The fourth-order valence-corrected chi connectivity index (χ4v) is 4.42. The van der Waals surface area contributed by atoms with Gasteiger partial charge >= 0.3 is 0 Å². The number of anilines is 1. The number of thiophene rings is 1. The van der Waals surface area contributed by atoms with E-state index in [1.165, 1.54) is 11.3 Å². The molecule has 0 aliphatic carbocycles. The standard InChI is InChI=1S/C17H14ClN5OS/c18-13-2-4-15(25-13)22-7-8-23-16(17(22)24)12(9-20-23)11-1-3-14-19-5-6-21(14)10-11/h1-6,10,20H,7-9H2. The quantitative estimate of drug-likeness (QED) is 0.752. The van der Waals surface area contributed by atoms with Gasteiger partial charge in [0.15, 0.2) is 0 Å². The number of pyridine rings is 1. The van der Waals surface area contributed by atoms with Crippen LogP contribution < -0.4 is 10.3 Å². The smallest absolute Gasteiger partial charge is 0.276 e. The van der Waals surface area contributed by atoms with Crippen LogP contribution in [-0.4, -0.2) is 39.9 Å². The molecule has 0 radical (unpaired) electrons. The molecule has 0 aromatic carbocycles. The van der Waals surface area contributed by atoms with Crippen molar-refractivity contribution in [3.05, 3.63) is 58.5 Å². The third-order valence-corrected chi connectivity index (χ3v) is 5.81. The Balaban J connectivity index is 1.58. The lowest BCUT2D eigenvalue weighted by Gasteiger charge is -2.33. The second kappa shape index (κ2) is 5.59. The van der Waals surface area contributed by atoms with Crippen LogP contribution in [-0.2, 0) is 4.79 Å². The Kier molecular flexibility index (Phi) is 3.34. The van der Waals surface area contributed by atoms with Gasteiger partial charge in [0.25, 0.3) is 5.91 Å². The van der Waals surface area contributed by atoms with E-state index in [4.69, 9.17) is 11.6 Å². The number of amides is 1. The first-order chi connectivity index (χ1) is 12.2. The Bertz CT molecular complexity index is 1020. The molecule has 6 nitrogen and oxygen atoms in total. The number of hydrogen-bond donors (Lipinski definition) is 1. The first-order valence-electron chi connectivity index (χ1n) is 7.95. The maximum Gasteiger partial charge on any atom is 0.276 e. The van der Waals surface area contributed by atoms with Crippen LogP contribution in [0.25, 0.3) is 11.2 Å². The highest BCUT2D eigenvalue weighted by atomic mass is 35.5. The number of fused-ring (bicyclic) bond motifs is 2. The Labute approximate surface area is 152 Å². The van der Waals surface area contributed by atoms with Gasteiger partial charge in [-0.2, -0.15) is 0 Å². The number of halogens is 1. The summed E-state index contributed by atoms with van der Waals surface area (Å²) in [5, 5.41) is 2.85. The van der Waals surface area contributed by atoms with Crippen LogP contribution in [0.4, 0.5) is 5.00 Å². The summed E-state index contributed by atoms with van der Waals surface area (Å²) in [7, 11) is 0. The largest absolute Gasteiger partial charge is 0.307 e. The van der Waals surface area contributed by atoms with Gasteiger partial charge in [-0.25, -0.2) is 10.4 Å². The average molecular weight is 372 g/mol. The van der Waals surface area contributed by atoms with E-state index in [9.17, 15) is 4.79 Å². The zero-order chi connectivity index (χ0) is 17.0. The van der Waals surface area contributed by atoms with E-state index in [0.717, 1.165) is 34.0 Å². The minimum Gasteiger partial charge on any atom is -0.307 e. The normalized spacial score (nSPS) is 17.7. The number of hydrogen-bond acceptors (Lipinski definition) is 5. The molecule has 2 aliphatic rings. The summed E-state index contributed by atoms with van der Waals surface area (Å²) in [5.41, 5.74) is 6.96. The second-order valence-corrected chi connectivity index (χ2v) is 7.65. The first kappa shape index (κ1) is 14.9. The Morgan fingerprint density at radius 3 is 2.96 bits per heavy atom. The zero-order valence-corrected chi connectivity index (χ0v) is 14.7. The van der Waals surface area contributed by atoms with Gasteiger partial charge in [0.2, 0.25) is 0 Å². The SMILES string of the molecule is O=C1C2=C(c3ccc4nccn4c3)CNN2CCN1c1ccc(Cl)s1. The molecule has 5 rings (SSSR count). The Morgan fingerprint density at radius 1 is 1.20 bits per heavy atom. The van der Waals surface area contributed by atoms with Crippen molar-refractivity contribution in [3.63, 3.8) is 0 Å². The van der Waals surface area contributed by atoms with Gasteiger partial charge in [-0.05, 0) is 29.8 Å². The van der Waals surface area contributed by atoms with Crippen LogP contribution in [0, 0.1) is 0 Å². The summed E-state index contributed by atoms with van der Waals surface area (Å²) in [4.78, 5) is 19.2. The highest BCUT2D eigenvalue weighted by molar-refractivity contribution is 7.20.